The molecule has 0 aliphatic heterocycles. The third-order valence-electron chi connectivity index (χ3n) is 2.07. The van der Waals surface area contributed by atoms with Gasteiger partial charge >= 0.3 is 12.0 Å². The number of hydrogen-bond donors (Lipinski definition) is 0. The van der Waals surface area contributed by atoms with Crippen LogP contribution >= 0.6 is 11.6 Å². The van der Waals surface area contributed by atoms with E-state index in [4.69, 9.17) is 21.1 Å². The van der Waals surface area contributed by atoms with Crippen molar-refractivity contribution in [3.8, 4) is 12.0 Å². The van der Waals surface area contributed by atoms with Crippen LogP contribution in [0, 0.1) is 0 Å². The zero-order valence-corrected chi connectivity index (χ0v) is 9.95. The molecular weight excluding hydrogens is 218 g/mol. The Bertz CT molecular complexity index is 311. The van der Waals surface area contributed by atoms with Crippen molar-refractivity contribution in [3.05, 3.63) is 5.82 Å². The average Bonchev–Trinajstić information content (AvgIpc) is 2.27. The van der Waals surface area contributed by atoms with Crippen LogP contribution in [0.1, 0.15) is 25.6 Å². The Kier molecular flexibility index (Phi) is 4.08. The van der Waals surface area contributed by atoms with Crippen LogP contribution in [0.25, 0.3) is 0 Å². The molecule has 2 atom stereocenters. The molecule has 0 aromatic carbocycles. The lowest BCUT2D eigenvalue weighted by Crippen LogP contribution is -2.12. The maximum atomic E-state index is 5.97. The molecule has 6 heteroatoms. The number of halogens is 1. The van der Waals surface area contributed by atoms with E-state index in [0.717, 1.165) is 0 Å². The Balaban J connectivity index is 3.06. The molecule has 2 unspecified atom stereocenters. The highest BCUT2D eigenvalue weighted by molar-refractivity contribution is 6.20. The summed E-state index contributed by atoms with van der Waals surface area (Å²) in [5.74, 6) is 0.582. The van der Waals surface area contributed by atoms with Crippen LogP contribution in [-0.4, -0.2) is 34.5 Å². The van der Waals surface area contributed by atoms with Gasteiger partial charge in [0.2, 0.25) is 0 Å². The van der Waals surface area contributed by atoms with Crippen molar-refractivity contribution in [2.75, 3.05) is 14.2 Å². The molecule has 0 spiro atoms. The molecule has 0 saturated heterocycles. The molecule has 0 aliphatic carbocycles. The Morgan fingerprint density at radius 3 is 1.80 bits per heavy atom. The Morgan fingerprint density at radius 2 is 1.47 bits per heavy atom. The van der Waals surface area contributed by atoms with Gasteiger partial charge in [0.15, 0.2) is 0 Å². The lowest BCUT2D eigenvalue weighted by Gasteiger charge is -2.13. The highest BCUT2D eigenvalue weighted by Gasteiger charge is 2.17. The molecule has 0 amide bonds. The third kappa shape index (κ3) is 2.92. The zero-order valence-electron chi connectivity index (χ0n) is 9.19. The summed E-state index contributed by atoms with van der Waals surface area (Å²) >= 11 is 5.97. The fourth-order valence-electron chi connectivity index (χ4n) is 0.944. The molecule has 0 bridgehead atoms. The summed E-state index contributed by atoms with van der Waals surface area (Å²) in [5, 5.41) is -0.0678. The van der Waals surface area contributed by atoms with Crippen molar-refractivity contribution in [1.29, 1.82) is 0 Å². The minimum atomic E-state index is -0.0678. The van der Waals surface area contributed by atoms with Gasteiger partial charge in [-0.3, -0.25) is 0 Å². The molecule has 0 radical (unpaired) electrons. The molecule has 84 valence electrons. The smallest absolute Gasteiger partial charge is 0.322 e. The van der Waals surface area contributed by atoms with Crippen molar-refractivity contribution < 1.29 is 9.47 Å². The highest BCUT2D eigenvalue weighted by atomic mass is 35.5. The number of ether oxygens (including phenoxy) is 2. The summed E-state index contributed by atoms with van der Waals surface area (Å²) < 4.78 is 9.88. The predicted octanol–water partition coefficient (Wildman–Crippen LogP) is 1.62. The number of rotatable bonds is 4. The zero-order chi connectivity index (χ0) is 11.4. The van der Waals surface area contributed by atoms with Crippen molar-refractivity contribution in [2.24, 2.45) is 0 Å². The molecule has 1 aromatic rings. The highest BCUT2D eigenvalue weighted by Crippen LogP contribution is 2.22. The topological polar surface area (TPSA) is 57.1 Å². The van der Waals surface area contributed by atoms with E-state index >= 15 is 0 Å². The Labute approximate surface area is 93.8 Å². The standard InChI is InChI=1S/C9H14ClN3O2/c1-5(6(2)10)7-11-8(14-3)13-9(12-7)15-4/h5-6H,1-4H3. The first kappa shape index (κ1) is 12.0. The summed E-state index contributed by atoms with van der Waals surface area (Å²) in [4.78, 5) is 12.1. The largest absolute Gasteiger partial charge is 0.467 e. The number of methoxy groups -OCH3 is 2. The second kappa shape index (κ2) is 5.11. The van der Waals surface area contributed by atoms with E-state index in [1.807, 2.05) is 13.8 Å². The van der Waals surface area contributed by atoms with Gasteiger partial charge in [0.25, 0.3) is 0 Å². The van der Waals surface area contributed by atoms with Crippen LogP contribution in [0.4, 0.5) is 0 Å². The second-order valence-corrected chi connectivity index (χ2v) is 3.82. The van der Waals surface area contributed by atoms with Gasteiger partial charge in [0, 0.05) is 11.3 Å². The Hall–Kier alpha value is -1.10. The van der Waals surface area contributed by atoms with Crippen LogP contribution in [0.5, 0.6) is 12.0 Å². The number of aromatic nitrogens is 3. The summed E-state index contributed by atoms with van der Waals surface area (Å²) in [6.07, 6.45) is 0. The maximum absolute atomic E-state index is 5.97. The van der Waals surface area contributed by atoms with E-state index in [9.17, 15) is 0 Å². The van der Waals surface area contributed by atoms with E-state index in [0.29, 0.717) is 5.82 Å². The van der Waals surface area contributed by atoms with Gasteiger partial charge < -0.3 is 9.47 Å². The van der Waals surface area contributed by atoms with E-state index in [-0.39, 0.29) is 23.3 Å². The van der Waals surface area contributed by atoms with Gasteiger partial charge in [-0.05, 0) is 6.92 Å². The van der Waals surface area contributed by atoms with Gasteiger partial charge in [0.1, 0.15) is 5.82 Å². The minimum absolute atomic E-state index is 0.0115. The van der Waals surface area contributed by atoms with E-state index in [1.54, 1.807) is 0 Å². The lowest BCUT2D eigenvalue weighted by atomic mass is 10.1. The first-order chi connectivity index (χ1) is 7.08. The molecule has 5 nitrogen and oxygen atoms in total. The molecule has 0 N–H and O–H groups in total. The van der Waals surface area contributed by atoms with Gasteiger partial charge in [0.05, 0.1) is 14.2 Å². The molecule has 0 aliphatic rings. The first-order valence-electron chi connectivity index (χ1n) is 4.56. The minimum Gasteiger partial charge on any atom is -0.467 e. The first-order valence-corrected chi connectivity index (χ1v) is 5.00. The third-order valence-corrected chi connectivity index (χ3v) is 2.45. The summed E-state index contributed by atoms with van der Waals surface area (Å²) in [6.45, 7) is 3.82. The molecular formula is C9H14ClN3O2. The molecule has 0 fully saturated rings. The maximum Gasteiger partial charge on any atom is 0.322 e. The van der Waals surface area contributed by atoms with Crippen LogP contribution in [0.2, 0.25) is 0 Å². The average molecular weight is 232 g/mol. The van der Waals surface area contributed by atoms with Gasteiger partial charge in [-0.15, -0.1) is 16.6 Å². The summed E-state index contributed by atoms with van der Waals surface area (Å²) in [7, 11) is 2.99. The molecule has 1 aromatic heterocycles. The van der Waals surface area contributed by atoms with Crippen molar-refractivity contribution in [1.82, 2.24) is 15.0 Å². The number of alkyl halides is 1. The van der Waals surface area contributed by atoms with Crippen molar-refractivity contribution >= 4 is 11.6 Å². The molecule has 15 heavy (non-hydrogen) atoms. The fourth-order valence-corrected chi connectivity index (χ4v) is 1.06. The summed E-state index contributed by atoms with van der Waals surface area (Å²) in [5.41, 5.74) is 0. The lowest BCUT2D eigenvalue weighted by molar-refractivity contribution is 0.334. The van der Waals surface area contributed by atoms with Crippen LogP contribution in [0.3, 0.4) is 0 Å². The SMILES string of the molecule is COc1nc(OC)nc(C(C)C(C)Cl)n1. The van der Waals surface area contributed by atoms with Crippen molar-refractivity contribution in [2.45, 2.75) is 25.1 Å². The van der Waals surface area contributed by atoms with E-state index < -0.39 is 0 Å². The molecule has 1 heterocycles. The summed E-state index contributed by atoms with van der Waals surface area (Å²) in [6, 6.07) is 0.474. The van der Waals surface area contributed by atoms with Gasteiger partial charge in [-0.1, -0.05) is 6.92 Å². The van der Waals surface area contributed by atoms with Crippen LogP contribution < -0.4 is 9.47 Å². The van der Waals surface area contributed by atoms with Crippen LogP contribution in [0.15, 0.2) is 0 Å². The van der Waals surface area contributed by atoms with Gasteiger partial charge in [-0.2, -0.15) is 9.97 Å². The monoisotopic (exact) mass is 231 g/mol. The number of hydrogen-bond acceptors (Lipinski definition) is 5. The van der Waals surface area contributed by atoms with E-state index in [1.165, 1.54) is 14.2 Å². The molecule has 1 rings (SSSR count). The quantitative estimate of drug-likeness (QED) is 0.737. The van der Waals surface area contributed by atoms with Gasteiger partial charge in [-0.25, -0.2) is 0 Å². The van der Waals surface area contributed by atoms with Crippen molar-refractivity contribution in [3.63, 3.8) is 0 Å². The Morgan fingerprint density at radius 1 is 1.00 bits per heavy atom. The predicted molar refractivity (Wildman–Crippen MR) is 56.7 cm³/mol. The second-order valence-electron chi connectivity index (χ2n) is 3.13. The van der Waals surface area contributed by atoms with E-state index in [2.05, 4.69) is 15.0 Å². The normalized spacial score (nSPS) is 14.5. The number of nitrogens with zero attached hydrogens (tertiary/aromatic N) is 3. The van der Waals surface area contributed by atoms with Crippen LogP contribution in [-0.2, 0) is 0 Å². The fraction of sp³-hybridized carbons (Fsp3) is 0.667. The molecule has 0 saturated carbocycles.